The van der Waals surface area contributed by atoms with E-state index in [2.05, 4.69) is 17.9 Å². The fraction of sp³-hybridized carbons (Fsp3) is 0.176. The van der Waals surface area contributed by atoms with Crippen LogP contribution in [0.5, 0.6) is 0 Å². The molecule has 24 heavy (non-hydrogen) atoms. The first-order valence-corrected chi connectivity index (χ1v) is 8.81. The highest BCUT2D eigenvalue weighted by atomic mass is 35.5. The summed E-state index contributed by atoms with van der Waals surface area (Å²) in [4.78, 5) is 24.7. The third kappa shape index (κ3) is 5.15. The van der Waals surface area contributed by atoms with Gasteiger partial charge in [-0.25, -0.2) is 0 Å². The van der Waals surface area contributed by atoms with Crippen LogP contribution in [0.4, 0.5) is 0 Å². The van der Waals surface area contributed by atoms with Crippen LogP contribution in [0.2, 0.25) is 15.1 Å². The van der Waals surface area contributed by atoms with E-state index in [0.29, 0.717) is 20.6 Å². The Morgan fingerprint density at radius 1 is 1.04 bits per heavy atom. The molecule has 0 spiro atoms. The lowest BCUT2D eigenvalue weighted by Gasteiger charge is -2.16. The zero-order chi connectivity index (χ0) is 17.7. The molecule has 1 atom stereocenters. The lowest BCUT2D eigenvalue weighted by Crippen LogP contribution is -2.43. The summed E-state index contributed by atoms with van der Waals surface area (Å²) in [6, 6.07) is 10.8. The van der Waals surface area contributed by atoms with Gasteiger partial charge in [0.15, 0.2) is 5.78 Å². The Hall–Kier alpha value is -1.20. The van der Waals surface area contributed by atoms with Gasteiger partial charge >= 0.3 is 0 Å². The van der Waals surface area contributed by atoms with Gasteiger partial charge in [-0.2, -0.15) is 12.6 Å². The molecule has 0 aromatic heterocycles. The minimum Gasteiger partial charge on any atom is -0.341 e. The van der Waals surface area contributed by atoms with Crippen LogP contribution in [-0.2, 0) is 11.2 Å². The first-order valence-electron chi connectivity index (χ1n) is 7.04. The number of carbonyl (C=O) groups excluding carboxylic acids is 2. The molecule has 0 aliphatic carbocycles. The molecule has 0 heterocycles. The molecule has 0 unspecified atom stereocenters. The van der Waals surface area contributed by atoms with E-state index < -0.39 is 11.9 Å². The van der Waals surface area contributed by atoms with Crippen molar-refractivity contribution in [3.05, 3.63) is 68.7 Å². The molecule has 126 valence electrons. The molecule has 0 radical (unpaired) electrons. The normalized spacial score (nSPS) is 11.8. The van der Waals surface area contributed by atoms with Gasteiger partial charge in [0.05, 0.1) is 6.04 Å². The Kier molecular flexibility index (Phi) is 6.99. The number of rotatable bonds is 6. The van der Waals surface area contributed by atoms with Crippen LogP contribution in [0.25, 0.3) is 0 Å². The van der Waals surface area contributed by atoms with Crippen molar-refractivity contribution in [2.75, 3.05) is 5.75 Å². The maximum atomic E-state index is 12.4. The van der Waals surface area contributed by atoms with Crippen molar-refractivity contribution < 1.29 is 9.59 Å². The smallest absolute Gasteiger partial charge is 0.251 e. The summed E-state index contributed by atoms with van der Waals surface area (Å²) in [5.74, 6) is -0.450. The average Bonchev–Trinajstić information content (AvgIpc) is 2.53. The van der Waals surface area contributed by atoms with Gasteiger partial charge in [0.2, 0.25) is 0 Å². The number of Topliss-reactive ketones (excluding diaryl/α,β-unsaturated/α-hetero) is 1. The van der Waals surface area contributed by atoms with Gasteiger partial charge in [0, 0.05) is 32.8 Å². The topological polar surface area (TPSA) is 46.2 Å². The van der Waals surface area contributed by atoms with Crippen LogP contribution in [0.3, 0.4) is 0 Å². The number of ketones is 1. The van der Waals surface area contributed by atoms with E-state index in [1.807, 2.05) is 0 Å². The number of thiol groups is 1. The number of benzene rings is 2. The molecular weight excluding hydrogens is 389 g/mol. The van der Waals surface area contributed by atoms with E-state index in [9.17, 15) is 9.59 Å². The molecule has 3 nitrogen and oxygen atoms in total. The zero-order valence-corrected chi connectivity index (χ0v) is 15.6. The van der Waals surface area contributed by atoms with Crippen molar-refractivity contribution in [3.8, 4) is 0 Å². The molecular formula is C17H14Cl3NO2S. The van der Waals surface area contributed by atoms with Crippen LogP contribution in [0.15, 0.2) is 42.5 Å². The van der Waals surface area contributed by atoms with Crippen LogP contribution < -0.4 is 5.32 Å². The second-order valence-electron chi connectivity index (χ2n) is 5.10. The molecule has 1 N–H and O–H groups in total. The second-order valence-corrected chi connectivity index (χ2v) is 6.75. The number of amides is 1. The summed E-state index contributed by atoms with van der Waals surface area (Å²) in [7, 11) is 0. The fourth-order valence-corrected chi connectivity index (χ4v) is 3.13. The van der Waals surface area contributed by atoms with Gasteiger partial charge in [-0.05, 0) is 29.8 Å². The Labute approximate surface area is 160 Å². The van der Waals surface area contributed by atoms with E-state index in [1.165, 1.54) is 18.2 Å². The van der Waals surface area contributed by atoms with Crippen LogP contribution in [-0.4, -0.2) is 23.5 Å². The Morgan fingerprint density at radius 2 is 1.67 bits per heavy atom. The molecule has 0 saturated heterocycles. The highest BCUT2D eigenvalue weighted by Gasteiger charge is 2.21. The number of hydrogen-bond acceptors (Lipinski definition) is 3. The summed E-state index contributed by atoms with van der Waals surface area (Å²) in [5, 5.41) is 3.85. The van der Waals surface area contributed by atoms with Crippen LogP contribution in [0.1, 0.15) is 15.9 Å². The molecule has 1 amide bonds. The average molecular weight is 403 g/mol. The van der Waals surface area contributed by atoms with E-state index in [-0.39, 0.29) is 23.5 Å². The summed E-state index contributed by atoms with van der Waals surface area (Å²) in [6.07, 6.45) is 0.113. The van der Waals surface area contributed by atoms with Gasteiger partial charge in [-0.1, -0.05) is 53.0 Å². The highest BCUT2D eigenvalue weighted by molar-refractivity contribution is 7.80. The standard InChI is InChI=1S/C17H14Cl3NO2S/c18-12-5-11(6-13(19)8-12)17(23)21-15(9-24)16(22)7-10-3-1-2-4-14(10)20/h1-6,8,15,24H,7,9H2,(H,21,23)/t15-/m1/s1. The molecule has 0 fully saturated rings. The van der Waals surface area contributed by atoms with Crippen molar-refractivity contribution >= 4 is 59.1 Å². The summed E-state index contributed by atoms with van der Waals surface area (Å²) in [5.41, 5.74) is 0.987. The third-order valence-corrected chi connectivity index (χ3v) is 4.49. The van der Waals surface area contributed by atoms with E-state index >= 15 is 0 Å². The monoisotopic (exact) mass is 401 g/mol. The summed E-state index contributed by atoms with van der Waals surface area (Å²) < 4.78 is 0. The number of hydrogen-bond donors (Lipinski definition) is 2. The highest BCUT2D eigenvalue weighted by Crippen LogP contribution is 2.19. The van der Waals surface area contributed by atoms with E-state index in [1.54, 1.807) is 24.3 Å². The summed E-state index contributed by atoms with van der Waals surface area (Å²) in [6.45, 7) is 0. The predicted molar refractivity (Wildman–Crippen MR) is 102 cm³/mol. The van der Waals surface area contributed by atoms with Gasteiger partial charge in [-0.15, -0.1) is 0 Å². The first-order chi connectivity index (χ1) is 11.4. The fourth-order valence-electron chi connectivity index (χ4n) is 2.11. The van der Waals surface area contributed by atoms with Crippen molar-refractivity contribution in [2.24, 2.45) is 0 Å². The molecule has 0 aliphatic rings. The van der Waals surface area contributed by atoms with Crippen molar-refractivity contribution in [2.45, 2.75) is 12.5 Å². The Balaban J connectivity index is 2.09. The lowest BCUT2D eigenvalue weighted by molar-refractivity contribution is -0.119. The maximum Gasteiger partial charge on any atom is 0.251 e. The summed E-state index contributed by atoms with van der Waals surface area (Å²) >= 11 is 22.0. The van der Waals surface area contributed by atoms with E-state index in [0.717, 1.165) is 0 Å². The van der Waals surface area contributed by atoms with Crippen LogP contribution >= 0.6 is 47.4 Å². The molecule has 2 aromatic rings. The van der Waals surface area contributed by atoms with Gasteiger partial charge in [-0.3, -0.25) is 9.59 Å². The third-order valence-electron chi connectivity index (χ3n) is 3.32. The van der Waals surface area contributed by atoms with Crippen molar-refractivity contribution in [3.63, 3.8) is 0 Å². The minimum absolute atomic E-state index is 0.113. The SMILES string of the molecule is O=C(N[C@H](CS)C(=O)Cc1ccccc1Cl)c1cc(Cl)cc(Cl)c1. The predicted octanol–water partition coefficient (Wildman–Crippen LogP) is 4.49. The van der Waals surface area contributed by atoms with Gasteiger partial charge in [0.1, 0.15) is 0 Å². The molecule has 2 aromatic carbocycles. The van der Waals surface area contributed by atoms with Gasteiger partial charge < -0.3 is 5.32 Å². The molecule has 0 bridgehead atoms. The largest absolute Gasteiger partial charge is 0.341 e. The van der Waals surface area contributed by atoms with Crippen LogP contribution in [0, 0.1) is 0 Å². The maximum absolute atomic E-state index is 12.4. The van der Waals surface area contributed by atoms with Gasteiger partial charge in [0.25, 0.3) is 5.91 Å². The van der Waals surface area contributed by atoms with Crippen molar-refractivity contribution in [1.29, 1.82) is 0 Å². The van der Waals surface area contributed by atoms with E-state index in [4.69, 9.17) is 34.8 Å². The second kappa shape index (κ2) is 8.77. The number of halogens is 3. The molecule has 0 saturated carbocycles. The zero-order valence-electron chi connectivity index (χ0n) is 12.4. The quantitative estimate of drug-likeness (QED) is 0.699. The number of carbonyl (C=O) groups is 2. The first kappa shape index (κ1) is 19.1. The van der Waals surface area contributed by atoms with Crippen molar-refractivity contribution in [1.82, 2.24) is 5.32 Å². The Bertz CT molecular complexity index is 747. The molecule has 0 aliphatic heterocycles. The Morgan fingerprint density at radius 3 is 2.25 bits per heavy atom. The number of nitrogens with one attached hydrogen (secondary N) is 1. The molecule has 7 heteroatoms. The molecule has 2 rings (SSSR count). The minimum atomic E-state index is -0.741. The lowest BCUT2D eigenvalue weighted by atomic mass is 10.0.